The Kier molecular flexibility index (Phi) is 3.96. The van der Waals surface area contributed by atoms with Crippen molar-refractivity contribution in [2.75, 3.05) is 23.9 Å². The van der Waals surface area contributed by atoms with Crippen LogP contribution in [0, 0.1) is 0 Å². The number of amides is 1. The summed E-state index contributed by atoms with van der Waals surface area (Å²) in [6, 6.07) is 11.6. The number of benzene rings is 1. The highest BCUT2D eigenvalue weighted by Gasteiger charge is 2.31. The number of nitrogens with one attached hydrogen (secondary N) is 1. The van der Waals surface area contributed by atoms with Gasteiger partial charge in [-0.2, -0.15) is 0 Å². The summed E-state index contributed by atoms with van der Waals surface area (Å²) in [5.74, 6) is -0.129. The summed E-state index contributed by atoms with van der Waals surface area (Å²) in [7, 11) is 3.95. The number of thiophene rings is 1. The van der Waals surface area contributed by atoms with Crippen LogP contribution in [0.4, 0.5) is 11.4 Å². The summed E-state index contributed by atoms with van der Waals surface area (Å²) >= 11 is 6.88. The number of hydrogen-bond donors (Lipinski definition) is 1. The van der Waals surface area contributed by atoms with Crippen LogP contribution in [0.25, 0.3) is 6.08 Å². The van der Waals surface area contributed by atoms with E-state index in [0.29, 0.717) is 10.8 Å². The van der Waals surface area contributed by atoms with Gasteiger partial charge in [-0.15, -0.1) is 11.3 Å². The van der Waals surface area contributed by atoms with E-state index in [2.05, 4.69) is 5.32 Å². The van der Waals surface area contributed by atoms with Crippen LogP contribution in [0.1, 0.15) is 4.88 Å². The maximum atomic E-state index is 12.6. The maximum Gasteiger partial charge on any atom is 0.281 e. The van der Waals surface area contributed by atoms with E-state index in [0.717, 1.165) is 16.3 Å². The highest BCUT2D eigenvalue weighted by atomic mass is 32.1. The van der Waals surface area contributed by atoms with Crippen LogP contribution in [0.3, 0.4) is 0 Å². The summed E-state index contributed by atoms with van der Waals surface area (Å²) < 4.78 is 0. The Balaban J connectivity index is 1.88. The molecule has 0 saturated carbocycles. The summed E-state index contributed by atoms with van der Waals surface area (Å²) in [5.41, 5.74) is 2.34. The lowest BCUT2D eigenvalue weighted by molar-refractivity contribution is -0.113. The van der Waals surface area contributed by atoms with Crippen LogP contribution in [0.2, 0.25) is 0 Å². The van der Waals surface area contributed by atoms with Gasteiger partial charge >= 0.3 is 0 Å². The first kappa shape index (κ1) is 14.7. The number of rotatable bonds is 3. The van der Waals surface area contributed by atoms with E-state index in [1.54, 1.807) is 11.3 Å². The van der Waals surface area contributed by atoms with E-state index < -0.39 is 0 Å². The van der Waals surface area contributed by atoms with Crippen molar-refractivity contribution >= 4 is 52.0 Å². The van der Waals surface area contributed by atoms with Crippen LogP contribution in [0.5, 0.6) is 0 Å². The first-order valence-electron chi connectivity index (χ1n) is 6.74. The highest BCUT2D eigenvalue weighted by Crippen LogP contribution is 2.25. The molecular weight excluding hydrogens is 314 g/mol. The molecule has 0 spiro atoms. The minimum Gasteiger partial charge on any atom is -0.378 e. The molecule has 0 atom stereocenters. The Morgan fingerprint density at radius 2 is 1.95 bits per heavy atom. The molecule has 0 radical (unpaired) electrons. The number of thiocarbonyl (C=S) groups is 1. The monoisotopic (exact) mass is 329 g/mol. The van der Waals surface area contributed by atoms with Gasteiger partial charge in [-0.25, -0.2) is 0 Å². The van der Waals surface area contributed by atoms with Crippen LogP contribution in [0.15, 0.2) is 47.5 Å². The molecule has 0 bridgehead atoms. The molecular formula is C16H15N3OS2. The Morgan fingerprint density at radius 1 is 1.23 bits per heavy atom. The minimum atomic E-state index is -0.129. The van der Waals surface area contributed by atoms with Crippen molar-refractivity contribution in [3.8, 4) is 0 Å². The fourth-order valence-electron chi connectivity index (χ4n) is 2.19. The molecule has 3 rings (SSSR count). The molecule has 6 heteroatoms. The zero-order valence-corrected chi connectivity index (χ0v) is 13.9. The fraction of sp³-hybridized carbons (Fsp3) is 0.125. The number of nitrogens with zero attached hydrogens (tertiary/aromatic N) is 2. The van der Waals surface area contributed by atoms with Crippen molar-refractivity contribution in [3.05, 3.63) is 52.4 Å². The molecule has 112 valence electrons. The van der Waals surface area contributed by atoms with E-state index in [-0.39, 0.29) is 5.91 Å². The lowest BCUT2D eigenvalue weighted by Crippen LogP contribution is -2.30. The molecule has 0 aliphatic carbocycles. The quantitative estimate of drug-likeness (QED) is 0.693. The van der Waals surface area contributed by atoms with Gasteiger partial charge in [-0.1, -0.05) is 6.07 Å². The predicted molar refractivity (Wildman–Crippen MR) is 96.3 cm³/mol. The molecule has 2 aromatic rings. The largest absolute Gasteiger partial charge is 0.378 e. The zero-order valence-electron chi connectivity index (χ0n) is 12.2. The van der Waals surface area contributed by atoms with E-state index in [1.165, 1.54) is 4.90 Å². The topological polar surface area (TPSA) is 35.6 Å². The Morgan fingerprint density at radius 3 is 2.55 bits per heavy atom. The maximum absolute atomic E-state index is 12.6. The standard InChI is InChI=1S/C16H15N3OS2/c1-18(2)11-5-7-12(8-6-11)19-15(20)14(17-16(19)21)10-13-4-3-9-22-13/h3-10H,1-2H3,(H,17,21). The van der Waals surface area contributed by atoms with Gasteiger partial charge in [0.1, 0.15) is 5.70 Å². The lowest BCUT2D eigenvalue weighted by Gasteiger charge is -2.17. The van der Waals surface area contributed by atoms with Crippen molar-refractivity contribution in [3.63, 3.8) is 0 Å². The van der Waals surface area contributed by atoms with E-state index in [4.69, 9.17) is 12.2 Å². The lowest BCUT2D eigenvalue weighted by atomic mass is 10.2. The number of hydrogen-bond acceptors (Lipinski definition) is 4. The SMILES string of the molecule is CN(C)c1ccc(N2C(=O)C(=Cc3cccs3)NC2=S)cc1. The average molecular weight is 329 g/mol. The Labute approximate surface area is 138 Å². The van der Waals surface area contributed by atoms with Crippen molar-refractivity contribution in [2.45, 2.75) is 0 Å². The molecule has 1 aliphatic heterocycles. The van der Waals surface area contributed by atoms with Crippen LogP contribution in [-0.4, -0.2) is 25.1 Å². The molecule has 4 nitrogen and oxygen atoms in total. The summed E-state index contributed by atoms with van der Waals surface area (Å²) in [5, 5.41) is 5.37. The highest BCUT2D eigenvalue weighted by molar-refractivity contribution is 7.80. The molecule has 1 saturated heterocycles. The summed E-state index contributed by atoms with van der Waals surface area (Å²) in [6.07, 6.45) is 1.83. The van der Waals surface area contributed by atoms with E-state index in [1.807, 2.05) is 66.8 Å². The van der Waals surface area contributed by atoms with Gasteiger partial charge in [-0.3, -0.25) is 9.69 Å². The number of carbonyl (C=O) groups is 1. The van der Waals surface area contributed by atoms with E-state index in [9.17, 15) is 4.79 Å². The molecule has 1 aromatic heterocycles. The first-order valence-corrected chi connectivity index (χ1v) is 8.03. The Hall–Kier alpha value is -2.18. The normalized spacial score (nSPS) is 16.3. The second kappa shape index (κ2) is 5.90. The second-order valence-corrected chi connectivity index (χ2v) is 6.42. The smallest absolute Gasteiger partial charge is 0.281 e. The zero-order chi connectivity index (χ0) is 15.7. The van der Waals surface area contributed by atoms with Gasteiger partial charge in [0.25, 0.3) is 5.91 Å². The van der Waals surface area contributed by atoms with Gasteiger partial charge in [-0.05, 0) is 54.0 Å². The minimum absolute atomic E-state index is 0.129. The van der Waals surface area contributed by atoms with Crippen LogP contribution >= 0.6 is 23.6 Å². The van der Waals surface area contributed by atoms with Crippen molar-refractivity contribution in [1.29, 1.82) is 0 Å². The second-order valence-electron chi connectivity index (χ2n) is 5.05. The molecule has 1 aromatic carbocycles. The third kappa shape index (κ3) is 2.75. The molecule has 1 aliphatic rings. The number of anilines is 2. The van der Waals surface area contributed by atoms with Gasteiger partial charge < -0.3 is 10.2 Å². The van der Waals surface area contributed by atoms with Gasteiger partial charge in [0.2, 0.25) is 0 Å². The van der Waals surface area contributed by atoms with Gasteiger partial charge in [0.15, 0.2) is 5.11 Å². The Bertz CT molecular complexity index is 733. The van der Waals surface area contributed by atoms with Crippen molar-refractivity contribution in [1.82, 2.24) is 5.32 Å². The van der Waals surface area contributed by atoms with E-state index >= 15 is 0 Å². The third-order valence-electron chi connectivity index (χ3n) is 3.33. The summed E-state index contributed by atoms with van der Waals surface area (Å²) in [4.78, 5) is 17.1. The third-order valence-corrected chi connectivity index (χ3v) is 4.44. The van der Waals surface area contributed by atoms with Crippen molar-refractivity contribution in [2.24, 2.45) is 0 Å². The average Bonchev–Trinajstić information content (AvgIpc) is 3.09. The van der Waals surface area contributed by atoms with Crippen LogP contribution < -0.4 is 15.1 Å². The number of carbonyl (C=O) groups excluding carboxylic acids is 1. The molecule has 1 fully saturated rings. The van der Waals surface area contributed by atoms with Crippen LogP contribution in [-0.2, 0) is 4.79 Å². The summed E-state index contributed by atoms with van der Waals surface area (Å²) in [6.45, 7) is 0. The van der Waals surface area contributed by atoms with Gasteiger partial charge in [0.05, 0.1) is 5.69 Å². The molecule has 2 heterocycles. The molecule has 22 heavy (non-hydrogen) atoms. The molecule has 1 amide bonds. The molecule has 1 N–H and O–H groups in total. The molecule has 0 unspecified atom stereocenters. The first-order chi connectivity index (χ1) is 10.6. The van der Waals surface area contributed by atoms with Gasteiger partial charge in [0, 0.05) is 24.7 Å². The predicted octanol–water partition coefficient (Wildman–Crippen LogP) is 3.08. The fourth-order valence-corrected chi connectivity index (χ4v) is 3.14. The van der Waals surface area contributed by atoms with Crippen molar-refractivity contribution < 1.29 is 4.79 Å².